The number of hydrogen-bond donors (Lipinski definition) is 0. The second-order valence-electron chi connectivity index (χ2n) is 8.56. The average Bonchev–Trinajstić information content (AvgIpc) is 2.86. The Balaban J connectivity index is 1.77. The van der Waals surface area contributed by atoms with E-state index < -0.39 is 33.6 Å². The molecule has 4 rings (SSSR count). The molecule has 1 aliphatic rings. The van der Waals surface area contributed by atoms with E-state index in [2.05, 4.69) is 0 Å². The van der Waals surface area contributed by atoms with Crippen LogP contribution in [0.25, 0.3) is 0 Å². The van der Waals surface area contributed by atoms with E-state index in [0.717, 1.165) is 21.6 Å². The number of aryl methyl sites for hydroxylation is 1. The van der Waals surface area contributed by atoms with E-state index in [1.165, 1.54) is 19.1 Å². The van der Waals surface area contributed by atoms with Gasteiger partial charge in [-0.1, -0.05) is 54.1 Å². The zero-order valence-electron chi connectivity index (χ0n) is 20.0. The Morgan fingerprint density at radius 2 is 1.66 bits per heavy atom. The zero-order valence-corrected chi connectivity index (χ0v) is 20.8. The predicted octanol–water partition coefficient (Wildman–Crippen LogP) is 3.91. The molecule has 1 atom stereocenters. The lowest BCUT2D eigenvalue weighted by Gasteiger charge is -2.40. The van der Waals surface area contributed by atoms with Crippen LogP contribution < -0.4 is 9.64 Å². The van der Waals surface area contributed by atoms with Gasteiger partial charge in [0.1, 0.15) is 17.7 Å². The third kappa shape index (κ3) is 4.93. The number of benzene rings is 3. The molecular formula is C27H28N2O5S. The molecule has 182 valence electrons. The maximum absolute atomic E-state index is 14.0. The molecule has 0 N–H and O–H groups in total. The van der Waals surface area contributed by atoms with E-state index in [4.69, 9.17) is 4.74 Å². The quantitative estimate of drug-likeness (QED) is 0.519. The van der Waals surface area contributed by atoms with Crippen LogP contribution in [-0.2, 0) is 25.8 Å². The topological polar surface area (TPSA) is 84.0 Å². The van der Waals surface area contributed by atoms with E-state index >= 15 is 0 Å². The summed E-state index contributed by atoms with van der Waals surface area (Å²) in [6.45, 7) is 3.57. The van der Waals surface area contributed by atoms with Crippen molar-refractivity contribution in [2.24, 2.45) is 0 Å². The Hall–Kier alpha value is -3.65. The molecule has 0 aromatic heterocycles. The highest BCUT2D eigenvalue weighted by atomic mass is 32.2. The summed E-state index contributed by atoms with van der Waals surface area (Å²) >= 11 is 0. The maximum Gasteiger partial charge on any atom is 0.257 e. The number of amides is 2. The number of nitrogens with zero attached hydrogens (tertiary/aromatic N) is 2. The number of rotatable bonds is 6. The van der Waals surface area contributed by atoms with E-state index in [1.54, 1.807) is 19.2 Å². The number of anilines is 1. The summed E-state index contributed by atoms with van der Waals surface area (Å²) in [5.74, 6) is -1.37. The summed E-state index contributed by atoms with van der Waals surface area (Å²) in [6, 6.07) is 20.4. The Labute approximate surface area is 205 Å². The zero-order chi connectivity index (χ0) is 25.2. The van der Waals surface area contributed by atoms with Gasteiger partial charge in [0, 0.05) is 13.5 Å². The van der Waals surface area contributed by atoms with Gasteiger partial charge in [-0.3, -0.25) is 14.5 Å². The molecule has 3 aromatic carbocycles. The molecule has 7 nitrogen and oxygen atoms in total. The first-order chi connectivity index (χ1) is 16.7. The fraction of sp³-hybridized carbons (Fsp3) is 0.259. The highest BCUT2D eigenvalue weighted by Crippen LogP contribution is 2.39. The second kappa shape index (κ2) is 9.92. The van der Waals surface area contributed by atoms with Crippen LogP contribution in [0.5, 0.6) is 5.75 Å². The third-order valence-corrected chi connectivity index (χ3v) is 7.83. The number of fused-ring (bicyclic) bond motifs is 1. The molecule has 0 radical (unpaired) electrons. The fourth-order valence-corrected chi connectivity index (χ4v) is 5.76. The van der Waals surface area contributed by atoms with Crippen molar-refractivity contribution in [2.75, 3.05) is 24.4 Å². The van der Waals surface area contributed by atoms with Gasteiger partial charge in [-0.25, -0.2) is 8.42 Å². The largest absolute Gasteiger partial charge is 0.495 e. The Morgan fingerprint density at radius 1 is 1.00 bits per heavy atom. The van der Waals surface area contributed by atoms with Crippen LogP contribution in [0.4, 0.5) is 5.69 Å². The maximum atomic E-state index is 14.0. The van der Waals surface area contributed by atoms with Gasteiger partial charge < -0.3 is 9.64 Å². The summed E-state index contributed by atoms with van der Waals surface area (Å²) in [4.78, 5) is 29.5. The Morgan fingerprint density at radius 3 is 2.34 bits per heavy atom. The molecule has 0 bridgehead atoms. The first kappa shape index (κ1) is 24.5. The number of carbonyl (C=O) groups is 2. The minimum absolute atomic E-state index is 0.0628. The standard InChI is InChI=1S/C27H28N2O5S/c1-19-12-14-22(15-13-19)35(32,33)18-29(20(2)30)27(31)26-23-9-5-4-8-21(23)16-17-28(26)24-10-6-7-11-25(24)34-3/h4-15,26H,16-18H2,1-3H3. The number of ether oxygens (including phenoxy) is 1. The molecule has 1 aliphatic heterocycles. The summed E-state index contributed by atoms with van der Waals surface area (Å²) < 4.78 is 31.9. The fourth-order valence-electron chi connectivity index (χ4n) is 4.41. The van der Waals surface area contributed by atoms with Crippen LogP contribution in [0.3, 0.4) is 0 Å². The number of methoxy groups -OCH3 is 1. The molecule has 35 heavy (non-hydrogen) atoms. The van der Waals surface area contributed by atoms with Gasteiger partial charge in [0.2, 0.25) is 5.91 Å². The molecule has 0 saturated carbocycles. The predicted molar refractivity (Wildman–Crippen MR) is 134 cm³/mol. The lowest BCUT2D eigenvalue weighted by molar-refractivity contribution is -0.143. The third-order valence-electron chi connectivity index (χ3n) is 6.24. The monoisotopic (exact) mass is 492 g/mol. The van der Waals surface area contributed by atoms with Crippen molar-refractivity contribution in [3.8, 4) is 5.75 Å². The number of carbonyl (C=O) groups excluding carboxylic acids is 2. The number of imide groups is 1. The lowest BCUT2D eigenvalue weighted by atomic mass is 9.91. The molecular weight excluding hydrogens is 464 g/mol. The van der Waals surface area contributed by atoms with Crippen LogP contribution >= 0.6 is 0 Å². The van der Waals surface area contributed by atoms with Crippen molar-refractivity contribution < 1.29 is 22.7 Å². The summed E-state index contributed by atoms with van der Waals surface area (Å²) in [5, 5.41) is 0. The number of sulfone groups is 1. The van der Waals surface area contributed by atoms with Crippen molar-refractivity contribution in [1.29, 1.82) is 0 Å². The molecule has 1 unspecified atom stereocenters. The minimum atomic E-state index is -3.94. The van der Waals surface area contributed by atoms with Gasteiger partial charge >= 0.3 is 0 Å². The van der Waals surface area contributed by atoms with E-state index in [9.17, 15) is 18.0 Å². The van der Waals surface area contributed by atoms with E-state index in [-0.39, 0.29) is 4.90 Å². The lowest BCUT2D eigenvalue weighted by Crippen LogP contribution is -2.49. The number of hydrogen-bond acceptors (Lipinski definition) is 6. The van der Waals surface area contributed by atoms with Gasteiger partial charge in [0.05, 0.1) is 17.7 Å². The summed E-state index contributed by atoms with van der Waals surface area (Å²) in [7, 11) is -2.38. The molecule has 2 amide bonds. The Kier molecular flexibility index (Phi) is 6.93. The highest BCUT2D eigenvalue weighted by molar-refractivity contribution is 7.91. The molecule has 8 heteroatoms. The van der Waals surface area contributed by atoms with Crippen molar-refractivity contribution >= 4 is 27.3 Å². The van der Waals surface area contributed by atoms with Gasteiger partial charge in [0.25, 0.3) is 5.91 Å². The second-order valence-corrected chi connectivity index (χ2v) is 10.5. The molecule has 1 heterocycles. The Bertz CT molecular complexity index is 1350. The van der Waals surface area contributed by atoms with Gasteiger partial charge in [-0.05, 0) is 48.7 Å². The SMILES string of the molecule is COc1ccccc1N1CCc2ccccc2C1C(=O)N(CS(=O)(=O)c1ccc(C)cc1)C(C)=O. The minimum Gasteiger partial charge on any atom is -0.495 e. The molecule has 0 saturated heterocycles. The molecule has 0 aliphatic carbocycles. The van der Waals surface area contributed by atoms with E-state index in [0.29, 0.717) is 24.4 Å². The van der Waals surface area contributed by atoms with Crippen LogP contribution in [0.1, 0.15) is 29.7 Å². The normalized spacial score (nSPS) is 15.3. The molecule has 0 fully saturated rings. The number of para-hydroxylation sites is 2. The molecule has 3 aromatic rings. The van der Waals surface area contributed by atoms with Crippen molar-refractivity contribution in [3.63, 3.8) is 0 Å². The first-order valence-electron chi connectivity index (χ1n) is 11.3. The van der Waals surface area contributed by atoms with Crippen LogP contribution in [0, 0.1) is 6.92 Å². The van der Waals surface area contributed by atoms with E-state index in [1.807, 2.05) is 60.4 Å². The summed E-state index contributed by atoms with van der Waals surface area (Å²) in [6.07, 6.45) is 0.694. The summed E-state index contributed by atoms with van der Waals surface area (Å²) in [5.41, 5.74) is 3.35. The smallest absolute Gasteiger partial charge is 0.257 e. The first-order valence-corrected chi connectivity index (χ1v) is 13.0. The molecule has 0 spiro atoms. The van der Waals surface area contributed by atoms with Gasteiger partial charge in [-0.2, -0.15) is 0 Å². The van der Waals surface area contributed by atoms with Gasteiger partial charge in [-0.15, -0.1) is 0 Å². The van der Waals surface area contributed by atoms with Crippen molar-refractivity contribution in [2.45, 2.75) is 31.2 Å². The highest BCUT2D eigenvalue weighted by Gasteiger charge is 2.39. The van der Waals surface area contributed by atoms with Crippen LogP contribution in [0.2, 0.25) is 0 Å². The van der Waals surface area contributed by atoms with Crippen molar-refractivity contribution in [1.82, 2.24) is 4.90 Å². The van der Waals surface area contributed by atoms with Crippen molar-refractivity contribution in [3.05, 3.63) is 89.5 Å². The van der Waals surface area contributed by atoms with Crippen LogP contribution in [0.15, 0.2) is 77.7 Å². The average molecular weight is 493 g/mol. The van der Waals surface area contributed by atoms with Gasteiger partial charge in [0.15, 0.2) is 9.84 Å². The van der Waals surface area contributed by atoms with Crippen LogP contribution in [-0.4, -0.2) is 44.7 Å².